The fourth-order valence-corrected chi connectivity index (χ4v) is 2.75. The van der Waals surface area contributed by atoms with E-state index >= 15 is 0 Å². The Balaban J connectivity index is 1.95. The SMILES string of the molecule is CCCNc1cn2ccnc2c(N2CCCCCC2)n1. The molecule has 0 aromatic carbocycles. The largest absolute Gasteiger partial charge is 0.369 e. The standard InChI is InChI=1S/C15H23N5/c1-2-7-16-13-12-20-11-8-17-14(20)15(18-13)19-9-5-3-4-6-10-19/h8,11-12,16H,2-7,9-10H2,1H3. The van der Waals surface area contributed by atoms with E-state index in [9.17, 15) is 0 Å². The van der Waals surface area contributed by atoms with Crippen molar-refractivity contribution < 1.29 is 0 Å². The van der Waals surface area contributed by atoms with Gasteiger partial charge in [-0.1, -0.05) is 19.8 Å². The summed E-state index contributed by atoms with van der Waals surface area (Å²) in [4.78, 5) is 11.7. The molecule has 0 radical (unpaired) electrons. The van der Waals surface area contributed by atoms with Crippen molar-refractivity contribution in [1.29, 1.82) is 0 Å². The first-order valence-corrected chi connectivity index (χ1v) is 7.71. The first-order valence-electron chi connectivity index (χ1n) is 7.71. The monoisotopic (exact) mass is 273 g/mol. The molecule has 5 nitrogen and oxygen atoms in total. The number of hydrogen-bond donors (Lipinski definition) is 1. The Bertz CT molecular complexity index is 554. The van der Waals surface area contributed by atoms with Crippen molar-refractivity contribution in [2.45, 2.75) is 39.0 Å². The third kappa shape index (κ3) is 2.71. The van der Waals surface area contributed by atoms with Crippen LogP contribution in [0.25, 0.3) is 5.65 Å². The van der Waals surface area contributed by atoms with E-state index in [1.165, 1.54) is 25.7 Å². The van der Waals surface area contributed by atoms with Crippen LogP contribution in [-0.4, -0.2) is 34.0 Å². The second-order valence-electron chi connectivity index (χ2n) is 5.44. The Morgan fingerprint density at radius 2 is 2.00 bits per heavy atom. The van der Waals surface area contributed by atoms with Gasteiger partial charge in [0.25, 0.3) is 0 Å². The minimum absolute atomic E-state index is 0.941. The zero-order chi connectivity index (χ0) is 13.8. The van der Waals surface area contributed by atoms with Crippen LogP contribution < -0.4 is 10.2 Å². The summed E-state index contributed by atoms with van der Waals surface area (Å²) in [6.07, 6.45) is 12.1. The van der Waals surface area contributed by atoms with E-state index in [0.29, 0.717) is 0 Å². The average Bonchev–Trinajstić information content (AvgIpc) is 2.77. The van der Waals surface area contributed by atoms with Crippen molar-refractivity contribution in [3.8, 4) is 0 Å². The molecule has 1 fully saturated rings. The van der Waals surface area contributed by atoms with Crippen molar-refractivity contribution >= 4 is 17.3 Å². The fraction of sp³-hybridized carbons (Fsp3) is 0.600. The lowest BCUT2D eigenvalue weighted by Crippen LogP contribution is -2.26. The van der Waals surface area contributed by atoms with Gasteiger partial charge in [-0.3, -0.25) is 0 Å². The van der Waals surface area contributed by atoms with E-state index in [0.717, 1.165) is 43.3 Å². The maximum absolute atomic E-state index is 4.81. The quantitative estimate of drug-likeness (QED) is 0.930. The van der Waals surface area contributed by atoms with Gasteiger partial charge in [0.05, 0.1) is 6.20 Å². The lowest BCUT2D eigenvalue weighted by molar-refractivity contribution is 0.726. The summed E-state index contributed by atoms with van der Waals surface area (Å²) in [5.74, 6) is 1.97. The van der Waals surface area contributed by atoms with E-state index in [-0.39, 0.29) is 0 Å². The Kier molecular flexibility index (Phi) is 4.04. The van der Waals surface area contributed by atoms with Crippen molar-refractivity contribution in [2.75, 3.05) is 29.9 Å². The van der Waals surface area contributed by atoms with Gasteiger partial charge in [-0.25, -0.2) is 9.97 Å². The molecule has 1 saturated heterocycles. The normalized spacial score (nSPS) is 16.4. The molecule has 0 unspecified atom stereocenters. The second kappa shape index (κ2) is 6.11. The van der Waals surface area contributed by atoms with Crippen molar-refractivity contribution in [3.05, 3.63) is 18.6 Å². The minimum atomic E-state index is 0.941. The number of rotatable bonds is 4. The van der Waals surface area contributed by atoms with Gasteiger partial charge >= 0.3 is 0 Å². The zero-order valence-corrected chi connectivity index (χ0v) is 12.2. The van der Waals surface area contributed by atoms with Crippen LogP contribution in [0, 0.1) is 0 Å². The maximum Gasteiger partial charge on any atom is 0.180 e. The van der Waals surface area contributed by atoms with Gasteiger partial charge in [0.2, 0.25) is 0 Å². The van der Waals surface area contributed by atoms with Gasteiger partial charge in [-0.05, 0) is 19.3 Å². The number of anilines is 2. The highest BCUT2D eigenvalue weighted by Crippen LogP contribution is 2.23. The van der Waals surface area contributed by atoms with Crippen LogP contribution in [0.4, 0.5) is 11.6 Å². The Morgan fingerprint density at radius 3 is 2.75 bits per heavy atom. The summed E-state index contributed by atoms with van der Waals surface area (Å²) in [5, 5.41) is 3.38. The number of fused-ring (bicyclic) bond motifs is 1. The molecule has 1 N–H and O–H groups in total. The molecular formula is C15H23N5. The summed E-state index contributed by atoms with van der Waals surface area (Å²) < 4.78 is 2.07. The van der Waals surface area contributed by atoms with E-state index < -0.39 is 0 Å². The van der Waals surface area contributed by atoms with E-state index in [2.05, 4.69) is 26.5 Å². The number of nitrogens with one attached hydrogen (secondary N) is 1. The zero-order valence-electron chi connectivity index (χ0n) is 12.2. The molecular weight excluding hydrogens is 250 g/mol. The lowest BCUT2D eigenvalue weighted by atomic mass is 10.2. The molecule has 2 aromatic rings. The molecule has 0 aliphatic carbocycles. The van der Waals surface area contributed by atoms with Crippen LogP contribution in [-0.2, 0) is 0 Å². The highest BCUT2D eigenvalue weighted by atomic mass is 15.2. The molecule has 108 valence electrons. The molecule has 20 heavy (non-hydrogen) atoms. The summed E-state index contributed by atoms with van der Waals surface area (Å²) >= 11 is 0. The third-order valence-corrected chi connectivity index (χ3v) is 3.82. The van der Waals surface area contributed by atoms with E-state index in [1.54, 1.807) is 0 Å². The first kappa shape index (κ1) is 13.2. The van der Waals surface area contributed by atoms with Crippen LogP contribution in [0.15, 0.2) is 18.6 Å². The Labute approximate surface area is 120 Å². The van der Waals surface area contributed by atoms with Crippen LogP contribution in [0.3, 0.4) is 0 Å². The number of hydrogen-bond acceptors (Lipinski definition) is 4. The summed E-state index contributed by atoms with van der Waals surface area (Å²) in [6.45, 7) is 5.30. The lowest BCUT2D eigenvalue weighted by Gasteiger charge is -2.22. The highest BCUT2D eigenvalue weighted by Gasteiger charge is 2.16. The topological polar surface area (TPSA) is 45.5 Å². The molecule has 3 rings (SSSR count). The van der Waals surface area contributed by atoms with Gasteiger partial charge < -0.3 is 14.6 Å². The summed E-state index contributed by atoms with van der Waals surface area (Å²) in [6, 6.07) is 0. The molecule has 0 atom stereocenters. The predicted molar refractivity (Wildman–Crippen MR) is 82.4 cm³/mol. The smallest absolute Gasteiger partial charge is 0.180 e. The Hall–Kier alpha value is -1.78. The molecule has 1 aliphatic rings. The molecule has 0 bridgehead atoms. The molecule has 2 aromatic heterocycles. The van der Waals surface area contributed by atoms with Crippen LogP contribution >= 0.6 is 0 Å². The molecule has 5 heteroatoms. The maximum atomic E-state index is 4.81. The predicted octanol–water partition coefficient (Wildman–Crippen LogP) is 2.93. The third-order valence-electron chi connectivity index (χ3n) is 3.82. The van der Waals surface area contributed by atoms with Crippen LogP contribution in [0.5, 0.6) is 0 Å². The fourth-order valence-electron chi connectivity index (χ4n) is 2.75. The summed E-state index contributed by atoms with van der Waals surface area (Å²) in [7, 11) is 0. The summed E-state index contributed by atoms with van der Waals surface area (Å²) in [5.41, 5.74) is 0.967. The minimum Gasteiger partial charge on any atom is -0.369 e. The van der Waals surface area contributed by atoms with E-state index in [4.69, 9.17) is 4.98 Å². The number of nitrogens with zero attached hydrogens (tertiary/aromatic N) is 4. The van der Waals surface area contributed by atoms with E-state index in [1.807, 2.05) is 18.6 Å². The first-order chi connectivity index (χ1) is 9.88. The van der Waals surface area contributed by atoms with Crippen molar-refractivity contribution in [2.24, 2.45) is 0 Å². The molecule has 1 aliphatic heterocycles. The van der Waals surface area contributed by atoms with Gasteiger partial charge in [0.15, 0.2) is 11.5 Å². The highest BCUT2D eigenvalue weighted by molar-refractivity contribution is 5.66. The van der Waals surface area contributed by atoms with Gasteiger partial charge in [0.1, 0.15) is 5.82 Å². The molecule has 0 amide bonds. The second-order valence-corrected chi connectivity index (χ2v) is 5.44. The average molecular weight is 273 g/mol. The molecule has 0 spiro atoms. The molecule has 3 heterocycles. The molecule has 0 saturated carbocycles. The van der Waals surface area contributed by atoms with Gasteiger partial charge in [-0.2, -0.15) is 0 Å². The van der Waals surface area contributed by atoms with Gasteiger partial charge in [0, 0.05) is 32.0 Å². The van der Waals surface area contributed by atoms with Gasteiger partial charge in [-0.15, -0.1) is 0 Å². The Morgan fingerprint density at radius 1 is 1.20 bits per heavy atom. The van der Waals surface area contributed by atoms with Crippen molar-refractivity contribution in [3.63, 3.8) is 0 Å². The van der Waals surface area contributed by atoms with Crippen molar-refractivity contribution in [1.82, 2.24) is 14.4 Å². The number of imidazole rings is 1. The van der Waals surface area contributed by atoms with Crippen LogP contribution in [0.2, 0.25) is 0 Å². The number of aromatic nitrogens is 3. The van der Waals surface area contributed by atoms with Crippen LogP contribution in [0.1, 0.15) is 39.0 Å².